The fraction of sp³-hybridized carbons (Fsp3) is 0. The molecule has 0 aliphatic rings. The summed E-state index contributed by atoms with van der Waals surface area (Å²) in [5.74, 6) is -0.515. The highest BCUT2D eigenvalue weighted by Crippen LogP contribution is 2.36. The minimum absolute atomic E-state index is 0.0260. The summed E-state index contributed by atoms with van der Waals surface area (Å²) >= 11 is 4.08. The number of nitrogens with zero attached hydrogens (tertiary/aromatic N) is 1. The van der Waals surface area contributed by atoms with Crippen molar-refractivity contribution in [3.8, 4) is 5.75 Å². The first-order valence-corrected chi connectivity index (χ1v) is 8.15. The highest BCUT2D eigenvalue weighted by molar-refractivity contribution is 9.11. The molecule has 0 saturated carbocycles. The molecule has 0 spiro atoms. The largest absolute Gasteiger partial charge is 0.505 e. The van der Waals surface area contributed by atoms with Gasteiger partial charge in [-0.25, -0.2) is 8.42 Å². The number of hydrogen-bond donors (Lipinski definition) is 2. The molecule has 2 rings (SSSR count). The van der Waals surface area contributed by atoms with Gasteiger partial charge in [-0.2, -0.15) is 0 Å². The van der Waals surface area contributed by atoms with E-state index in [-0.39, 0.29) is 4.21 Å². The average molecular weight is 379 g/mol. The van der Waals surface area contributed by atoms with E-state index in [2.05, 4.69) is 15.9 Å². The van der Waals surface area contributed by atoms with E-state index in [1.165, 1.54) is 12.1 Å². The van der Waals surface area contributed by atoms with Crippen LogP contribution in [0.3, 0.4) is 0 Å². The lowest BCUT2D eigenvalue weighted by Gasteiger charge is -2.08. The van der Waals surface area contributed by atoms with Gasteiger partial charge in [0.25, 0.3) is 15.7 Å². The summed E-state index contributed by atoms with van der Waals surface area (Å²) < 4.78 is 26.8. The zero-order valence-electron chi connectivity index (χ0n) is 9.61. The first kappa shape index (κ1) is 14.8. The number of benzene rings is 1. The molecule has 0 radical (unpaired) electrons. The normalized spacial score (nSPS) is 11.2. The standard InChI is InChI=1S/C10H7BrN2O5S2/c11-8-4-5-9(19-8)20(17,18)12-10-6(13(15)16)2-1-3-7(10)14/h1-5,12,14H. The van der Waals surface area contributed by atoms with Crippen LogP contribution in [0, 0.1) is 10.1 Å². The van der Waals surface area contributed by atoms with Crippen molar-refractivity contribution in [2.75, 3.05) is 4.72 Å². The number of sulfonamides is 1. The maximum absolute atomic E-state index is 12.1. The number of hydrogen-bond acceptors (Lipinski definition) is 6. The lowest BCUT2D eigenvalue weighted by atomic mass is 10.2. The summed E-state index contributed by atoms with van der Waals surface area (Å²) in [6.45, 7) is 0. The molecule has 0 aliphatic heterocycles. The second-order valence-electron chi connectivity index (χ2n) is 3.59. The maximum Gasteiger partial charge on any atom is 0.297 e. The number of nitro groups is 1. The Kier molecular flexibility index (Phi) is 3.97. The summed E-state index contributed by atoms with van der Waals surface area (Å²) in [4.78, 5) is 10.1. The van der Waals surface area contributed by atoms with E-state index in [1.807, 2.05) is 4.72 Å². The molecule has 1 aromatic carbocycles. The van der Waals surface area contributed by atoms with E-state index >= 15 is 0 Å². The summed E-state index contributed by atoms with van der Waals surface area (Å²) in [5.41, 5.74) is -0.980. The third kappa shape index (κ3) is 2.92. The molecule has 0 fully saturated rings. The molecule has 0 unspecified atom stereocenters. The Morgan fingerprint density at radius 3 is 2.55 bits per heavy atom. The Hall–Kier alpha value is -1.65. The number of phenolic OH excluding ortho intramolecular Hbond substituents is 1. The molecule has 1 aromatic heterocycles. The molecule has 0 saturated heterocycles. The number of nitrogens with one attached hydrogen (secondary N) is 1. The second kappa shape index (κ2) is 5.38. The topological polar surface area (TPSA) is 110 Å². The van der Waals surface area contributed by atoms with Gasteiger partial charge in [0.05, 0.1) is 8.71 Å². The molecule has 0 atom stereocenters. The van der Waals surface area contributed by atoms with Crippen LogP contribution in [0.4, 0.5) is 11.4 Å². The molecule has 1 heterocycles. The van der Waals surface area contributed by atoms with Crippen LogP contribution in [-0.2, 0) is 10.0 Å². The summed E-state index contributed by atoms with van der Waals surface area (Å²) in [5, 5.41) is 20.5. The summed E-state index contributed by atoms with van der Waals surface area (Å²) in [6, 6.07) is 6.41. The third-order valence-electron chi connectivity index (χ3n) is 2.27. The minimum atomic E-state index is -4.00. The number of anilines is 1. The van der Waals surface area contributed by atoms with Crippen LogP contribution < -0.4 is 4.72 Å². The van der Waals surface area contributed by atoms with E-state index in [4.69, 9.17) is 0 Å². The molecular weight excluding hydrogens is 372 g/mol. The second-order valence-corrected chi connectivity index (χ2v) is 7.96. The summed E-state index contributed by atoms with van der Waals surface area (Å²) in [7, 11) is -4.00. The Balaban J connectivity index is 2.47. The van der Waals surface area contributed by atoms with Crippen LogP contribution in [0.25, 0.3) is 0 Å². The molecule has 10 heteroatoms. The van der Waals surface area contributed by atoms with Crippen molar-refractivity contribution in [2.45, 2.75) is 4.21 Å². The van der Waals surface area contributed by atoms with Crippen molar-refractivity contribution < 1.29 is 18.4 Å². The van der Waals surface area contributed by atoms with Crippen LogP contribution in [0.1, 0.15) is 0 Å². The third-order valence-corrected chi connectivity index (χ3v) is 5.73. The van der Waals surface area contributed by atoms with Crippen LogP contribution in [0.2, 0.25) is 0 Å². The number of phenols is 1. The monoisotopic (exact) mass is 378 g/mol. The molecule has 0 bridgehead atoms. The number of halogens is 1. The predicted octanol–water partition coefficient (Wildman–Crippen LogP) is 2.93. The van der Waals surface area contributed by atoms with Crippen molar-refractivity contribution in [1.82, 2.24) is 0 Å². The Morgan fingerprint density at radius 1 is 1.30 bits per heavy atom. The van der Waals surface area contributed by atoms with Gasteiger partial charge in [-0.1, -0.05) is 6.07 Å². The lowest BCUT2D eigenvalue weighted by molar-refractivity contribution is -0.383. The van der Waals surface area contributed by atoms with Gasteiger partial charge in [0.2, 0.25) is 0 Å². The molecule has 106 valence electrons. The maximum atomic E-state index is 12.1. The quantitative estimate of drug-likeness (QED) is 0.482. The van der Waals surface area contributed by atoms with Crippen LogP contribution in [0.5, 0.6) is 5.75 Å². The molecule has 0 aliphatic carbocycles. The van der Waals surface area contributed by atoms with Gasteiger partial charge in [0, 0.05) is 6.07 Å². The van der Waals surface area contributed by atoms with Gasteiger partial charge in [0.1, 0.15) is 9.96 Å². The summed E-state index contributed by atoms with van der Waals surface area (Å²) in [6.07, 6.45) is 0. The molecule has 7 nitrogen and oxygen atoms in total. The minimum Gasteiger partial charge on any atom is -0.505 e. The van der Waals surface area contributed by atoms with E-state index in [1.54, 1.807) is 6.07 Å². The molecule has 2 aromatic rings. The van der Waals surface area contributed by atoms with Crippen LogP contribution >= 0.6 is 27.3 Å². The zero-order valence-corrected chi connectivity index (χ0v) is 12.8. The van der Waals surface area contributed by atoms with Crippen LogP contribution in [0.15, 0.2) is 38.3 Å². The van der Waals surface area contributed by atoms with Gasteiger partial charge in [-0.3, -0.25) is 14.8 Å². The smallest absolute Gasteiger partial charge is 0.297 e. The Morgan fingerprint density at radius 2 is 2.00 bits per heavy atom. The van der Waals surface area contributed by atoms with Crippen molar-refractivity contribution in [3.63, 3.8) is 0 Å². The van der Waals surface area contributed by atoms with E-state index in [0.717, 1.165) is 23.5 Å². The predicted molar refractivity (Wildman–Crippen MR) is 77.6 cm³/mol. The number of rotatable bonds is 4. The van der Waals surface area contributed by atoms with Gasteiger partial charge >= 0.3 is 0 Å². The van der Waals surface area contributed by atoms with E-state index in [0.29, 0.717) is 3.79 Å². The van der Waals surface area contributed by atoms with Crippen molar-refractivity contribution in [3.05, 3.63) is 44.2 Å². The lowest BCUT2D eigenvalue weighted by Crippen LogP contribution is -2.12. The van der Waals surface area contributed by atoms with Gasteiger partial charge in [-0.15, -0.1) is 11.3 Å². The fourth-order valence-corrected chi connectivity index (χ4v) is 4.51. The molecule has 0 amide bonds. The molecule has 20 heavy (non-hydrogen) atoms. The molecular formula is C10H7BrN2O5S2. The van der Waals surface area contributed by atoms with Gasteiger partial charge < -0.3 is 5.11 Å². The van der Waals surface area contributed by atoms with E-state index in [9.17, 15) is 23.6 Å². The van der Waals surface area contributed by atoms with Crippen LogP contribution in [-0.4, -0.2) is 18.4 Å². The van der Waals surface area contributed by atoms with E-state index < -0.39 is 32.1 Å². The first-order chi connectivity index (χ1) is 9.31. The highest BCUT2D eigenvalue weighted by atomic mass is 79.9. The Bertz CT molecular complexity index is 772. The fourth-order valence-electron chi connectivity index (χ4n) is 1.41. The Labute approximate surface area is 126 Å². The number of thiophene rings is 1. The van der Waals surface area contributed by atoms with Gasteiger partial charge in [0.15, 0.2) is 5.69 Å². The van der Waals surface area contributed by atoms with Crippen molar-refractivity contribution >= 4 is 48.7 Å². The molecule has 2 N–H and O–H groups in total. The average Bonchev–Trinajstić information content (AvgIpc) is 2.79. The zero-order chi connectivity index (χ0) is 14.9. The SMILES string of the molecule is O=[N+]([O-])c1cccc(O)c1NS(=O)(=O)c1ccc(Br)s1. The number of nitro benzene ring substituents is 1. The highest BCUT2D eigenvalue weighted by Gasteiger charge is 2.24. The first-order valence-electron chi connectivity index (χ1n) is 5.06. The number of para-hydroxylation sites is 1. The van der Waals surface area contributed by atoms with Crippen molar-refractivity contribution in [1.29, 1.82) is 0 Å². The van der Waals surface area contributed by atoms with Gasteiger partial charge in [-0.05, 0) is 34.1 Å². The van der Waals surface area contributed by atoms with Crippen molar-refractivity contribution in [2.24, 2.45) is 0 Å². The number of aromatic hydroxyl groups is 1.